The molecule has 3 heteroatoms. The molecule has 52 valence electrons. The van der Waals surface area contributed by atoms with E-state index in [0.29, 0.717) is 6.42 Å². The summed E-state index contributed by atoms with van der Waals surface area (Å²) in [7, 11) is 0. The van der Waals surface area contributed by atoms with E-state index in [1.165, 1.54) is 0 Å². The lowest BCUT2D eigenvalue weighted by atomic mass is 10.0. The number of carbonyl (C=O) groups is 1. The number of carbonyl (C=O) groups excluding carboxylic acids is 1. The van der Waals surface area contributed by atoms with Crippen molar-refractivity contribution in [3.63, 3.8) is 0 Å². The molecule has 0 amide bonds. The normalized spacial score (nSPS) is 28.6. The van der Waals surface area contributed by atoms with Crippen LogP contribution in [0, 0.1) is 0 Å². The van der Waals surface area contributed by atoms with E-state index in [-0.39, 0.29) is 18.4 Å². The first kappa shape index (κ1) is 6.71. The Kier molecular flexibility index (Phi) is 2.19. The Morgan fingerprint density at radius 1 is 1.78 bits per heavy atom. The van der Waals surface area contributed by atoms with Crippen molar-refractivity contribution in [2.45, 2.75) is 18.9 Å². The molecule has 1 unspecified atom stereocenters. The number of nitrogens with one attached hydrogen (secondary N) is 1. The Balaban J connectivity index is 2.39. The molecule has 3 nitrogen and oxygen atoms in total. The molecule has 0 bridgehead atoms. The van der Waals surface area contributed by atoms with Crippen LogP contribution in [0.2, 0.25) is 0 Å². The van der Waals surface area contributed by atoms with Crippen molar-refractivity contribution in [1.29, 1.82) is 0 Å². The minimum Gasteiger partial charge on any atom is -0.394 e. The highest BCUT2D eigenvalue weighted by Crippen LogP contribution is 2.01. The van der Waals surface area contributed by atoms with Gasteiger partial charge in [-0.1, -0.05) is 0 Å². The number of rotatable bonds is 1. The van der Waals surface area contributed by atoms with Gasteiger partial charge in [-0.2, -0.15) is 0 Å². The second-order valence-electron chi connectivity index (χ2n) is 2.26. The second kappa shape index (κ2) is 2.94. The molecular formula is C6H11NO2. The van der Waals surface area contributed by atoms with E-state index in [4.69, 9.17) is 5.11 Å². The molecule has 9 heavy (non-hydrogen) atoms. The van der Waals surface area contributed by atoms with Crippen molar-refractivity contribution in [3.05, 3.63) is 0 Å². The van der Waals surface area contributed by atoms with Gasteiger partial charge in [-0.15, -0.1) is 0 Å². The van der Waals surface area contributed by atoms with E-state index in [1.807, 2.05) is 0 Å². The summed E-state index contributed by atoms with van der Waals surface area (Å²) in [5.74, 6) is 0.142. The van der Waals surface area contributed by atoms with Crippen LogP contribution in [0.4, 0.5) is 0 Å². The molecule has 1 saturated heterocycles. The molecule has 1 fully saturated rings. The van der Waals surface area contributed by atoms with Crippen molar-refractivity contribution in [2.75, 3.05) is 13.2 Å². The van der Waals surface area contributed by atoms with Crippen molar-refractivity contribution >= 4 is 5.78 Å². The highest BCUT2D eigenvalue weighted by Gasteiger charge is 2.19. The fourth-order valence-corrected chi connectivity index (χ4v) is 0.993. The number of Topliss-reactive ketones (excluding diaryl/α,β-unsaturated/α-hetero) is 1. The number of piperidine rings is 1. The van der Waals surface area contributed by atoms with Gasteiger partial charge in [0.25, 0.3) is 0 Å². The summed E-state index contributed by atoms with van der Waals surface area (Å²) in [6.45, 7) is 0.801. The largest absolute Gasteiger partial charge is 0.394 e. The zero-order valence-corrected chi connectivity index (χ0v) is 5.26. The Morgan fingerprint density at radius 2 is 2.56 bits per heavy atom. The molecule has 1 aliphatic rings. The standard InChI is InChI=1S/C6H11NO2/c8-4-5-6(9)2-1-3-7-5/h5,7-8H,1-4H2. The highest BCUT2D eigenvalue weighted by atomic mass is 16.3. The summed E-state index contributed by atoms with van der Waals surface area (Å²) >= 11 is 0. The van der Waals surface area contributed by atoms with Crippen LogP contribution in [0.15, 0.2) is 0 Å². The average molecular weight is 129 g/mol. The number of aliphatic hydroxyl groups excluding tert-OH is 1. The molecule has 0 aromatic heterocycles. The van der Waals surface area contributed by atoms with Crippen molar-refractivity contribution in [1.82, 2.24) is 5.32 Å². The third-order valence-electron chi connectivity index (χ3n) is 1.56. The quantitative estimate of drug-likeness (QED) is 0.492. The van der Waals surface area contributed by atoms with E-state index in [1.54, 1.807) is 0 Å². The third-order valence-corrected chi connectivity index (χ3v) is 1.56. The number of hydrogen-bond donors (Lipinski definition) is 2. The number of ketones is 1. The van der Waals surface area contributed by atoms with Gasteiger partial charge in [0.15, 0.2) is 5.78 Å². The predicted octanol–water partition coefficient (Wildman–Crippen LogP) is -0.700. The Morgan fingerprint density at radius 3 is 3.00 bits per heavy atom. The summed E-state index contributed by atoms with van der Waals surface area (Å²) < 4.78 is 0. The lowest BCUT2D eigenvalue weighted by molar-refractivity contribution is -0.123. The maximum atomic E-state index is 10.8. The fraction of sp³-hybridized carbons (Fsp3) is 0.833. The Hall–Kier alpha value is -0.410. The number of hydrogen-bond acceptors (Lipinski definition) is 3. The van der Waals surface area contributed by atoms with Gasteiger partial charge in [-0.25, -0.2) is 0 Å². The summed E-state index contributed by atoms with van der Waals surface area (Å²) in [6.07, 6.45) is 1.54. The molecule has 1 aliphatic heterocycles. The van der Waals surface area contributed by atoms with Crippen molar-refractivity contribution in [3.8, 4) is 0 Å². The van der Waals surface area contributed by atoms with Crippen LogP contribution < -0.4 is 5.32 Å². The second-order valence-corrected chi connectivity index (χ2v) is 2.26. The topological polar surface area (TPSA) is 49.3 Å². The average Bonchev–Trinajstić information content (AvgIpc) is 1.89. The van der Waals surface area contributed by atoms with Gasteiger partial charge in [0.1, 0.15) is 0 Å². The van der Waals surface area contributed by atoms with Crippen LogP contribution in [-0.2, 0) is 4.79 Å². The van der Waals surface area contributed by atoms with Gasteiger partial charge in [0, 0.05) is 6.42 Å². The van der Waals surface area contributed by atoms with E-state index in [0.717, 1.165) is 13.0 Å². The van der Waals surface area contributed by atoms with Gasteiger partial charge in [-0.3, -0.25) is 4.79 Å². The molecule has 0 aromatic carbocycles. The van der Waals surface area contributed by atoms with Crippen LogP contribution in [-0.4, -0.2) is 30.1 Å². The maximum absolute atomic E-state index is 10.8. The van der Waals surface area contributed by atoms with E-state index in [9.17, 15) is 4.79 Å². The molecule has 0 spiro atoms. The summed E-state index contributed by atoms with van der Waals surface area (Å²) in [5, 5.41) is 11.5. The SMILES string of the molecule is O=C1CCCNC1CO. The van der Waals surface area contributed by atoms with Crippen LogP contribution in [0.25, 0.3) is 0 Å². The molecule has 1 heterocycles. The maximum Gasteiger partial charge on any atom is 0.152 e. The van der Waals surface area contributed by atoms with E-state index >= 15 is 0 Å². The van der Waals surface area contributed by atoms with Crippen molar-refractivity contribution in [2.24, 2.45) is 0 Å². The lowest BCUT2D eigenvalue weighted by Crippen LogP contribution is -2.44. The van der Waals surface area contributed by atoms with Gasteiger partial charge < -0.3 is 10.4 Å². The molecular weight excluding hydrogens is 118 g/mol. The highest BCUT2D eigenvalue weighted by molar-refractivity contribution is 5.84. The van der Waals surface area contributed by atoms with Crippen LogP contribution in [0.3, 0.4) is 0 Å². The first-order valence-electron chi connectivity index (χ1n) is 3.21. The van der Waals surface area contributed by atoms with Crippen LogP contribution in [0.5, 0.6) is 0 Å². The minimum absolute atomic E-state index is 0.0567. The zero-order valence-electron chi connectivity index (χ0n) is 5.26. The van der Waals surface area contributed by atoms with Gasteiger partial charge in [0.2, 0.25) is 0 Å². The smallest absolute Gasteiger partial charge is 0.152 e. The first-order valence-corrected chi connectivity index (χ1v) is 3.21. The molecule has 2 N–H and O–H groups in total. The lowest BCUT2D eigenvalue weighted by Gasteiger charge is -2.19. The molecule has 1 rings (SSSR count). The summed E-state index contributed by atoms with van der Waals surface area (Å²) in [4.78, 5) is 10.8. The Labute approximate surface area is 54.1 Å². The molecule has 0 aromatic rings. The van der Waals surface area contributed by atoms with Gasteiger partial charge in [-0.05, 0) is 13.0 Å². The summed E-state index contributed by atoms with van der Waals surface area (Å²) in [5.41, 5.74) is 0. The van der Waals surface area contributed by atoms with Gasteiger partial charge in [0.05, 0.1) is 12.6 Å². The van der Waals surface area contributed by atoms with Crippen LogP contribution >= 0.6 is 0 Å². The van der Waals surface area contributed by atoms with Crippen molar-refractivity contribution < 1.29 is 9.90 Å². The van der Waals surface area contributed by atoms with E-state index in [2.05, 4.69) is 5.32 Å². The minimum atomic E-state index is -0.279. The Bertz CT molecular complexity index is 114. The molecule has 1 atom stereocenters. The number of aliphatic hydroxyl groups is 1. The third kappa shape index (κ3) is 1.50. The molecule has 0 saturated carbocycles. The first-order chi connectivity index (χ1) is 4.34. The molecule has 0 radical (unpaired) electrons. The predicted molar refractivity (Wildman–Crippen MR) is 33.1 cm³/mol. The zero-order chi connectivity index (χ0) is 6.69. The van der Waals surface area contributed by atoms with Gasteiger partial charge >= 0.3 is 0 Å². The monoisotopic (exact) mass is 129 g/mol. The molecule has 0 aliphatic carbocycles. The fourth-order valence-electron chi connectivity index (χ4n) is 0.993. The van der Waals surface area contributed by atoms with E-state index < -0.39 is 0 Å². The van der Waals surface area contributed by atoms with Crippen LogP contribution in [0.1, 0.15) is 12.8 Å². The summed E-state index contributed by atoms with van der Waals surface area (Å²) in [6, 6.07) is -0.279.